The van der Waals surface area contributed by atoms with E-state index in [9.17, 15) is 24.0 Å². The summed E-state index contributed by atoms with van der Waals surface area (Å²) >= 11 is 0. The van der Waals surface area contributed by atoms with Crippen molar-refractivity contribution in [2.45, 2.75) is 25.7 Å². The topological polar surface area (TPSA) is 156 Å². The number of hydrogen-bond acceptors (Lipinski definition) is 8. The molecule has 1 heterocycles. The molecule has 1 rings (SSSR count). The minimum Gasteiger partial charge on any atom is -0.480 e. The summed E-state index contributed by atoms with van der Waals surface area (Å²) < 4.78 is 0. The monoisotopic (exact) mass is 415 g/mol. The number of aliphatic carboxylic acids is 3. The van der Waals surface area contributed by atoms with Crippen molar-refractivity contribution in [3.8, 4) is 0 Å². The third-order valence-corrected chi connectivity index (χ3v) is 4.64. The minimum atomic E-state index is -1.05. The molecule has 0 saturated carbocycles. The van der Waals surface area contributed by atoms with Gasteiger partial charge in [0.1, 0.15) is 11.6 Å². The molecule has 0 aromatic heterocycles. The summed E-state index contributed by atoms with van der Waals surface area (Å²) in [7, 11) is 0. The molecule has 0 aliphatic carbocycles. The first-order chi connectivity index (χ1) is 13.7. The van der Waals surface area contributed by atoms with Gasteiger partial charge in [-0.05, 0) is 0 Å². The average Bonchev–Trinajstić information content (AvgIpc) is 2.62. The van der Waals surface area contributed by atoms with Crippen LogP contribution in [0.5, 0.6) is 0 Å². The van der Waals surface area contributed by atoms with Crippen LogP contribution in [0, 0.1) is 0 Å². The van der Waals surface area contributed by atoms with Gasteiger partial charge in [-0.2, -0.15) is 0 Å². The maximum Gasteiger partial charge on any atom is 0.317 e. The van der Waals surface area contributed by atoms with Gasteiger partial charge >= 0.3 is 17.9 Å². The molecular weight excluding hydrogens is 386 g/mol. The van der Waals surface area contributed by atoms with E-state index < -0.39 is 17.9 Å². The fourth-order valence-corrected chi connectivity index (χ4v) is 3.04. The average molecular weight is 415 g/mol. The van der Waals surface area contributed by atoms with Gasteiger partial charge in [0.2, 0.25) is 0 Å². The maximum atomic E-state index is 12.0. The second-order valence-corrected chi connectivity index (χ2v) is 7.09. The second-order valence-electron chi connectivity index (χ2n) is 7.09. The first-order valence-electron chi connectivity index (χ1n) is 9.51. The molecule has 1 aliphatic rings. The first kappa shape index (κ1) is 24.7. The maximum absolute atomic E-state index is 12.0. The Labute approximate surface area is 168 Å². The number of Topliss-reactive ketones (excluding diaryl/α,β-unsaturated/α-hetero) is 2. The van der Waals surface area contributed by atoms with Crippen molar-refractivity contribution in [3.05, 3.63) is 0 Å². The van der Waals surface area contributed by atoms with E-state index in [-0.39, 0.29) is 96.2 Å². The molecule has 11 nitrogen and oxygen atoms in total. The van der Waals surface area contributed by atoms with Gasteiger partial charge in [0, 0.05) is 65.0 Å². The quantitative estimate of drug-likeness (QED) is 0.482. The van der Waals surface area contributed by atoms with E-state index in [0.29, 0.717) is 0 Å². The van der Waals surface area contributed by atoms with E-state index in [4.69, 9.17) is 15.3 Å². The Bertz CT molecular complexity index is 566. The molecule has 1 saturated heterocycles. The number of hydrogen-bond donors (Lipinski definition) is 3. The van der Waals surface area contributed by atoms with Crippen molar-refractivity contribution < 1.29 is 39.3 Å². The number of rotatable bonds is 6. The van der Waals surface area contributed by atoms with Crippen molar-refractivity contribution in [2.75, 3.05) is 58.9 Å². The van der Waals surface area contributed by atoms with Gasteiger partial charge in [0.15, 0.2) is 0 Å². The van der Waals surface area contributed by atoms with Crippen LogP contribution in [0.4, 0.5) is 0 Å². The fourth-order valence-electron chi connectivity index (χ4n) is 3.04. The number of ketones is 2. The Hall–Kier alpha value is -2.37. The van der Waals surface area contributed by atoms with E-state index in [0.717, 1.165) is 0 Å². The van der Waals surface area contributed by atoms with Crippen LogP contribution < -0.4 is 0 Å². The van der Waals surface area contributed by atoms with Gasteiger partial charge in [-0.15, -0.1) is 0 Å². The summed E-state index contributed by atoms with van der Waals surface area (Å²) in [6.07, 6.45) is 0.378. The van der Waals surface area contributed by atoms with Crippen molar-refractivity contribution >= 4 is 29.5 Å². The molecule has 1 aliphatic heterocycles. The van der Waals surface area contributed by atoms with Crippen LogP contribution in [-0.2, 0) is 24.0 Å². The lowest BCUT2D eigenvalue weighted by atomic mass is 10.1. The van der Waals surface area contributed by atoms with Crippen molar-refractivity contribution in [2.24, 2.45) is 0 Å². The van der Waals surface area contributed by atoms with E-state index >= 15 is 0 Å². The van der Waals surface area contributed by atoms with Crippen LogP contribution >= 0.6 is 0 Å². The molecule has 0 aromatic carbocycles. The SMILES string of the molecule is O=C(O)CN1CCC(=O)CCC(=O)CCN(CC(=O)O)CCN(CC(=O)O)CC1. The Morgan fingerprint density at radius 3 is 1.10 bits per heavy atom. The number of carboxylic acids is 3. The highest BCUT2D eigenvalue weighted by molar-refractivity contribution is 5.86. The van der Waals surface area contributed by atoms with Gasteiger partial charge in [-0.3, -0.25) is 38.7 Å². The van der Waals surface area contributed by atoms with Gasteiger partial charge in [-0.25, -0.2) is 0 Å². The lowest BCUT2D eigenvalue weighted by molar-refractivity contribution is -0.140. The molecule has 29 heavy (non-hydrogen) atoms. The number of carbonyl (C=O) groups excluding carboxylic acids is 2. The van der Waals surface area contributed by atoms with Gasteiger partial charge < -0.3 is 15.3 Å². The molecule has 0 unspecified atom stereocenters. The standard InChI is InChI=1S/C18H29N3O8/c22-14-1-2-15(23)4-6-20(12-17(26)27)8-10-21(13-18(28)29)9-7-19(5-3-14)11-16(24)25/h1-13H2,(H,24,25)(H,26,27)(H,28,29). The molecule has 0 aromatic rings. The van der Waals surface area contributed by atoms with Crippen LogP contribution in [0.15, 0.2) is 0 Å². The summed E-state index contributed by atoms with van der Waals surface area (Å²) in [5.74, 6) is -3.45. The molecule has 0 atom stereocenters. The van der Waals surface area contributed by atoms with Gasteiger partial charge in [-0.1, -0.05) is 0 Å². The Morgan fingerprint density at radius 1 is 0.552 bits per heavy atom. The summed E-state index contributed by atoms with van der Waals surface area (Å²) in [6.45, 7) is 0.615. The lowest BCUT2D eigenvalue weighted by Gasteiger charge is -2.28. The van der Waals surface area contributed by atoms with E-state index in [1.165, 1.54) is 0 Å². The predicted molar refractivity (Wildman–Crippen MR) is 101 cm³/mol. The summed E-state index contributed by atoms with van der Waals surface area (Å²) in [5.41, 5.74) is 0. The minimum absolute atomic E-state index is 0.0732. The van der Waals surface area contributed by atoms with Crippen molar-refractivity contribution in [1.29, 1.82) is 0 Å². The normalized spacial score (nSPS) is 20.0. The number of nitrogens with zero attached hydrogens (tertiary/aromatic N) is 3. The fraction of sp³-hybridized carbons (Fsp3) is 0.722. The third kappa shape index (κ3) is 11.9. The molecule has 0 amide bonds. The van der Waals surface area contributed by atoms with Crippen LogP contribution in [0.1, 0.15) is 25.7 Å². The molecular formula is C18H29N3O8. The summed E-state index contributed by atoms with van der Waals surface area (Å²) in [4.78, 5) is 62.0. The third-order valence-electron chi connectivity index (χ3n) is 4.64. The highest BCUT2D eigenvalue weighted by Gasteiger charge is 2.19. The second kappa shape index (κ2) is 13.0. The zero-order valence-electron chi connectivity index (χ0n) is 16.4. The highest BCUT2D eigenvalue weighted by atomic mass is 16.4. The summed E-state index contributed by atoms with van der Waals surface area (Å²) in [5, 5.41) is 27.2. The van der Waals surface area contributed by atoms with E-state index in [1.807, 2.05) is 0 Å². The molecule has 0 spiro atoms. The molecule has 11 heteroatoms. The van der Waals surface area contributed by atoms with Crippen molar-refractivity contribution in [1.82, 2.24) is 14.7 Å². The van der Waals surface area contributed by atoms with Gasteiger partial charge in [0.25, 0.3) is 0 Å². The zero-order chi connectivity index (χ0) is 21.8. The lowest BCUT2D eigenvalue weighted by Crippen LogP contribution is -2.44. The van der Waals surface area contributed by atoms with Crippen LogP contribution in [0.2, 0.25) is 0 Å². The Balaban J connectivity index is 2.90. The molecule has 1 fully saturated rings. The van der Waals surface area contributed by atoms with Crippen LogP contribution in [0.25, 0.3) is 0 Å². The largest absolute Gasteiger partial charge is 0.480 e. The van der Waals surface area contributed by atoms with E-state index in [1.54, 1.807) is 14.7 Å². The summed E-state index contributed by atoms with van der Waals surface area (Å²) in [6, 6.07) is 0. The molecule has 0 radical (unpaired) electrons. The molecule has 0 bridgehead atoms. The first-order valence-corrected chi connectivity index (χ1v) is 9.51. The number of carbonyl (C=O) groups is 5. The molecule has 164 valence electrons. The van der Waals surface area contributed by atoms with Crippen LogP contribution in [0.3, 0.4) is 0 Å². The smallest absolute Gasteiger partial charge is 0.317 e. The van der Waals surface area contributed by atoms with Gasteiger partial charge in [0.05, 0.1) is 19.6 Å². The number of carboxylic acid groups (broad SMARTS) is 3. The Morgan fingerprint density at radius 2 is 0.828 bits per heavy atom. The molecule has 3 N–H and O–H groups in total. The predicted octanol–water partition coefficient (Wildman–Crippen LogP) is -1.14. The Kier molecular flexibility index (Phi) is 11.0. The van der Waals surface area contributed by atoms with E-state index in [2.05, 4.69) is 0 Å². The highest BCUT2D eigenvalue weighted by Crippen LogP contribution is 2.05. The van der Waals surface area contributed by atoms with Crippen molar-refractivity contribution in [3.63, 3.8) is 0 Å². The zero-order valence-corrected chi connectivity index (χ0v) is 16.4. The van der Waals surface area contributed by atoms with Crippen LogP contribution in [-0.4, -0.2) is 118 Å².